The van der Waals surface area contributed by atoms with Crippen molar-refractivity contribution in [3.05, 3.63) is 41.0 Å². The Kier molecular flexibility index (Phi) is 4.71. The molecule has 1 amide bonds. The fourth-order valence-electron chi connectivity index (χ4n) is 1.20. The molecule has 1 N–H and O–H groups in total. The molecule has 0 aliphatic carbocycles. The fraction of sp³-hybridized carbons (Fsp3) is 0.182. The van der Waals surface area contributed by atoms with Gasteiger partial charge in [-0.25, -0.2) is 0 Å². The van der Waals surface area contributed by atoms with E-state index in [2.05, 4.69) is 11.9 Å². The van der Waals surface area contributed by atoms with Gasteiger partial charge in [-0.05, 0) is 12.1 Å². The summed E-state index contributed by atoms with van der Waals surface area (Å²) in [6.07, 6.45) is 1.72. The fourth-order valence-corrected chi connectivity index (χ4v) is 1.87. The third-order valence-corrected chi connectivity index (χ3v) is 2.83. The number of amides is 1. The number of benzene rings is 1. The maximum absolute atomic E-state index is 10.9. The van der Waals surface area contributed by atoms with Crippen LogP contribution < -0.4 is 5.32 Å². The van der Waals surface area contributed by atoms with E-state index in [1.807, 2.05) is 0 Å². The monoisotopic (exact) mass is 252 g/mol. The lowest BCUT2D eigenvalue weighted by Crippen LogP contribution is -2.07. The topological polar surface area (TPSA) is 72.2 Å². The Morgan fingerprint density at radius 3 is 2.88 bits per heavy atom. The highest BCUT2D eigenvalue weighted by Crippen LogP contribution is 2.30. The van der Waals surface area contributed by atoms with Gasteiger partial charge in [0.25, 0.3) is 5.69 Å². The van der Waals surface area contributed by atoms with Gasteiger partial charge in [-0.3, -0.25) is 14.9 Å². The van der Waals surface area contributed by atoms with Gasteiger partial charge in [-0.2, -0.15) is 0 Å². The van der Waals surface area contributed by atoms with E-state index in [4.69, 9.17) is 0 Å². The maximum Gasteiger partial charge on any atom is 0.293 e. The molecule has 0 saturated heterocycles. The highest BCUT2D eigenvalue weighted by molar-refractivity contribution is 7.99. The zero-order chi connectivity index (χ0) is 12.8. The molecule has 5 nitrogen and oxygen atoms in total. The van der Waals surface area contributed by atoms with Crippen molar-refractivity contribution in [2.75, 3.05) is 11.1 Å². The van der Waals surface area contributed by atoms with Crippen LogP contribution in [-0.2, 0) is 4.79 Å². The summed E-state index contributed by atoms with van der Waals surface area (Å²) in [6, 6.07) is 4.71. The molecule has 0 saturated carbocycles. The first kappa shape index (κ1) is 13.2. The summed E-state index contributed by atoms with van der Waals surface area (Å²) in [5.41, 5.74) is 0.111. The van der Waals surface area contributed by atoms with Crippen LogP contribution in [0.5, 0.6) is 0 Å². The molecular formula is C11H12N2O3S. The van der Waals surface area contributed by atoms with Crippen LogP contribution in [-0.4, -0.2) is 16.6 Å². The van der Waals surface area contributed by atoms with Crippen LogP contribution in [0.25, 0.3) is 0 Å². The van der Waals surface area contributed by atoms with E-state index in [9.17, 15) is 14.9 Å². The number of carbonyl (C=O) groups excluding carboxylic acids is 1. The molecule has 0 aliphatic heterocycles. The van der Waals surface area contributed by atoms with Crippen molar-refractivity contribution >= 4 is 29.0 Å². The first-order valence-electron chi connectivity index (χ1n) is 4.84. The predicted molar refractivity (Wildman–Crippen MR) is 68.3 cm³/mol. The summed E-state index contributed by atoms with van der Waals surface area (Å²) in [5.74, 6) is 0.344. The summed E-state index contributed by atoms with van der Waals surface area (Å²) in [6.45, 7) is 4.89. The molecule has 90 valence electrons. The van der Waals surface area contributed by atoms with Crippen molar-refractivity contribution in [2.45, 2.75) is 11.8 Å². The summed E-state index contributed by atoms with van der Waals surface area (Å²) in [5, 5.41) is 13.3. The standard InChI is InChI=1S/C11H12N2O3S/c1-3-6-17-9-4-5-10(12-8(2)14)11(7-9)13(15)16/h3-5,7H,1,6H2,2H3,(H,12,14). The molecular weight excluding hydrogens is 240 g/mol. The Hall–Kier alpha value is -1.82. The lowest BCUT2D eigenvalue weighted by Gasteiger charge is -2.05. The van der Waals surface area contributed by atoms with E-state index in [0.717, 1.165) is 4.90 Å². The lowest BCUT2D eigenvalue weighted by molar-refractivity contribution is -0.384. The van der Waals surface area contributed by atoms with Gasteiger partial charge in [-0.15, -0.1) is 18.3 Å². The minimum Gasteiger partial charge on any atom is -0.321 e. The molecule has 0 aromatic heterocycles. The van der Waals surface area contributed by atoms with E-state index in [1.54, 1.807) is 12.1 Å². The Morgan fingerprint density at radius 2 is 2.35 bits per heavy atom. The molecule has 0 heterocycles. The van der Waals surface area contributed by atoms with E-state index >= 15 is 0 Å². The number of nitro benzene ring substituents is 1. The van der Waals surface area contributed by atoms with Gasteiger partial charge in [0, 0.05) is 23.6 Å². The molecule has 17 heavy (non-hydrogen) atoms. The van der Waals surface area contributed by atoms with Crippen molar-refractivity contribution in [1.82, 2.24) is 0 Å². The van der Waals surface area contributed by atoms with Crippen molar-refractivity contribution in [3.63, 3.8) is 0 Å². The number of hydrogen-bond donors (Lipinski definition) is 1. The second-order valence-corrected chi connectivity index (χ2v) is 4.31. The largest absolute Gasteiger partial charge is 0.321 e. The highest BCUT2D eigenvalue weighted by Gasteiger charge is 2.15. The summed E-state index contributed by atoms with van der Waals surface area (Å²) >= 11 is 1.44. The number of nitrogens with zero attached hydrogens (tertiary/aromatic N) is 1. The van der Waals surface area contributed by atoms with Crippen LogP contribution in [0.1, 0.15) is 6.92 Å². The van der Waals surface area contributed by atoms with Gasteiger partial charge in [0.2, 0.25) is 5.91 Å². The van der Waals surface area contributed by atoms with Crippen LogP contribution in [0, 0.1) is 10.1 Å². The zero-order valence-corrected chi connectivity index (χ0v) is 10.1. The summed E-state index contributed by atoms with van der Waals surface area (Å²) < 4.78 is 0. The minimum absolute atomic E-state index is 0.103. The second-order valence-electron chi connectivity index (χ2n) is 3.22. The van der Waals surface area contributed by atoms with Crippen molar-refractivity contribution in [3.8, 4) is 0 Å². The highest BCUT2D eigenvalue weighted by atomic mass is 32.2. The first-order valence-corrected chi connectivity index (χ1v) is 5.83. The van der Waals surface area contributed by atoms with Gasteiger partial charge in [0.1, 0.15) is 5.69 Å². The van der Waals surface area contributed by atoms with E-state index in [-0.39, 0.29) is 17.3 Å². The van der Waals surface area contributed by atoms with Crippen LogP contribution in [0.4, 0.5) is 11.4 Å². The van der Waals surface area contributed by atoms with Crippen LogP contribution >= 0.6 is 11.8 Å². The predicted octanol–water partition coefficient (Wildman–Crippen LogP) is 2.83. The average molecular weight is 252 g/mol. The van der Waals surface area contributed by atoms with E-state index < -0.39 is 4.92 Å². The third-order valence-electron chi connectivity index (χ3n) is 1.84. The molecule has 1 aromatic carbocycles. The van der Waals surface area contributed by atoms with Gasteiger partial charge in [0.15, 0.2) is 0 Å². The summed E-state index contributed by atoms with van der Waals surface area (Å²) in [7, 11) is 0. The molecule has 0 unspecified atom stereocenters. The van der Waals surface area contributed by atoms with Gasteiger partial charge in [0.05, 0.1) is 4.92 Å². The number of hydrogen-bond acceptors (Lipinski definition) is 4. The third kappa shape index (κ3) is 3.92. The number of nitro groups is 1. The second kappa shape index (κ2) is 6.05. The van der Waals surface area contributed by atoms with Crippen LogP contribution in [0.3, 0.4) is 0 Å². The molecule has 0 radical (unpaired) electrons. The molecule has 6 heteroatoms. The number of carbonyl (C=O) groups is 1. The molecule has 0 fully saturated rings. The Morgan fingerprint density at radius 1 is 1.65 bits per heavy atom. The molecule has 0 atom stereocenters. The van der Waals surface area contributed by atoms with E-state index in [0.29, 0.717) is 5.75 Å². The lowest BCUT2D eigenvalue weighted by atomic mass is 10.2. The van der Waals surface area contributed by atoms with Crippen LogP contribution in [0.15, 0.2) is 35.7 Å². The number of anilines is 1. The normalized spacial score (nSPS) is 9.71. The summed E-state index contributed by atoms with van der Waals surface area (Å²) in [4.78, 5) is 22.0. The average Bonchev–Trinajstić information content (AvgIpc) is 2.26. The Labute approximate surface area is 103 Å². The van der Waals surface area contributed by atoms with Crippen molar-refractivity contribution in [1.29, 1.82) is 0 Å². The Bertz CT molecular complexity index is 460. The van der Waals surface area contributed by atoms with Crippen LogP contribution in [0.2, 0.25) is 0 Å². The maximum atomic E-state index is 10.9. The van der Waals surface area contributed by atoms with E-state index in [1.165, 1.54) is 30.8 Å². The van der Waals surface area contributed by atoms with Crippen molar-refractivity contribution in [2.24, 2.45) is 0 Å². The van der Waals surface area contributed by atoms with Crippen molar-refractivity contribution < 1.29 is 9.72 Å². The first-order chi connectivity index (χ1) is 8.04. The molecule has 1 aromatic rings. The minimum atomic E-state index is -0.511. The Balaban J connectivity index is 3.03. The number of nitrogens with one attached hydrogen (secondary N) is 1. The molecule has 0 aliphatic rings. The smallest absolute Gasteiger partial charge is 0.293 e. The quantitative estimate of drug-likeness (QED) is 0.378. The molecule has 0 spiro atoms. The zero-order valence-electron chi connectivity index (χ0n) is 9.30. The van der Waals surface area contributed by atoms with Gasteiger partial charge >= 0.3 is 0 Å². The number of rotatable bonds is 5. The molecule has 0 bridgehead atoms. The number of thioether (sulfide) groups is 1. The van der Waals surface area contributed by atoms with Gasteiger partial charge < -0.3 is 5.32 Å². The SMILES string of the molecule is C=CCSc1ccc(NC(C)=O)c([N+](=O)[O-])c1. The van der Waals surface area contributed by atoms with Gasteiger partial charge in [-0.1, -0.05) is 6.08 Å². The molecule has 1 rings (SSSR count).